The molecule has 0 aromatic heterocycles. The highest BCUT2D eigenvalue weighted by Crippen LogP contribution is 2.39. The van der Waals surface area contributed by atoms with Crippen molar-refractivity contribution in [2.45, 2.75) is 33.0 Å². The summed E-state index contributed by atoms with van der Waals surface area (Å²) in [5.74, 6) is 1.16. The van der Waals surface area contributed by atoms with Crippen molar-refractivity contribution in [1.29, 1.82) is 0 Å². The van der Waals surface area contributed by atoms with E-state index in [2.05, 4.69) is 24.1 Å². The van der Waals surface area contributed by atoms with Crippen LogP contribution in [0.15, 0.2) is 24.3 Å². The third-order valence-electron chi connectivity index (χ3n) is 3.76. The van der Waals surface area contributed by atoms with E-state index in [1.54, 1.807) is 0 Å². The van der Waals surface area contributed by atoms with Crippen LogP contribution >= 0.6 is 0 Å². The van der Waals surface area contributed by atoms with Crippen molar-refractivity contribution in [3.63, 3.8) is 0 Å². The average molecular weight is 278 g/mol. The van der Waals surface area contributed by atoms with Gasteiger partial charge >= 0.3 is 0 Å². The summed E-state index contributed by atoms with van der Waals surface area (Å²) in [4.78, 5) is 2.41. The summed E-state index contributed by atoms with van der Waals surface area (Å²) < 4.78 is 11.8. The fourth-order valence-corrected chi connectivity index (χ4v) is 2.42. The monoisotopic (exact) mass is 278 g/mol. The Morgan fingerprint density at radius 2 is 1.65 bits per heavy atom. The second-order valence-corrected chi connectivity index (χ2v) is 5.31. The lowest BCUT2D eigenvalue weighted by Gasteiger charge is -2.23. The quantitative estimate of drug-likeness (QED) is 0.741. The van der Waals surface area contributed by atoms with E-state index in [4.69, 9.17) is 9.47 Å². The predicted octanol–water partition coefficient (Wildman–Crippen LogP) is 2.50. The molecule has 0 aliphatic carbocycles. The number of likely N-dealkylation sites (N-methyl/N-ethyl adjacent to an activating group) is 1. The van der Waals surface area contributed by atoms with E-state index >= 15 is 0 Å². The first-order valence-corrected chi connectivity index (χ1v) is 7.57. The Bertz CT molecular complexity index is 394. The molecule has 2 rings (SSSR count). The lowest BCUT2D eigenvalue weighted by molar-refractivity contribution is -0.0672. The maximum atomic E-state index is 5.89. The van der Waals surface area contributed by atoms with Gasteiger partial charge in [-0.1, -0.05) is 26.0 Å². The van der Waals surface area contributed by atoms with Crippen molar-refractivity contribution in [3.8, 4) is 11.5 Å². The topological polar surface area (TPSA) is 33.7 Å². The van der Waals surface area contributed by atoms with Crippen LogP contribution in [-0.2, 0) is 0 Å². The smallest absolute Gasteiger partial charge is 0.250 e. The van der Waals surface area contributed by atoms with Gasteiger partial charge in [0.25, 0.3) is 0 Å². The molecule has 20 heavy (non-hydrogen) atoms. The zero-order valence-corrected chi connectivity index (χ0v) is 12.8. The molecule has 0 amide bonds. The Kier molecular flexibility index (Phi) is 5.26. The first-order valence-electron chi connectivity index (χ1n) is 7.57. The summed E-state index contributed by atoms with van der Waals surface area (Å²) >= 11 is 0. The van der Waals surface area contributed by atoms with E-state index in [-0.39, 0.29) is 0 Å². The first-order chi connectivity index (χ1) is 9.67. The van der Waals surface area contributed by atoms with Gasteiger partial charge in [0.1, 0.15) is 0 Å². The predicted molar refractivity (Wildman–Crippen MR) is 81.4 cm³/mol. The fraction of sp³-hybridized carbons (Fsp3) is 0.625. The molecular formula is C16H26N2O2. The van der Waals surface area contributed by atoms with Gasteiger partial charge in [-0.15, -0.1) is 0 Å². The Balaban J connectivity index is 1.68. The van der Waals surface area contributed by atoms with Crippen molar-refractivity contribution in [2.75, 3.05) is 32.7 Å². The standard InChI is InChI=1S/C16H26N2O2/c1-4-18(5-2)13-12-17-11-10-16(3)19-14-8-6-7-9-15(14)20-16/h6-9,17H,4-5,10-13H2,1-3H3. The van der Waals surface area contributed by atoms with Gasteiger partial charge in [-0.3, -0.25) is 0 Å². The van der Waals surface area contributed by atoms with Crippen LogP contribution in [-0.4, -0.2) is 43.4 Å². The summed E-state index contributed by atoms with van der Waals surface area (Å²) in [6, 6.07) is 7.84. The molecule has 0 saturated heterocycles. The van der Waals surface area contributed by atoms with Crippen molar-refractivity contribution < 1.29 is 9.47 Å². The molecule has 1 aliphatic heterocycles. The van der Waals surface area contributed by atoms with Crippen LogP contribution in [0.1, 0.15) is 27.2 Å². The molecule has 0 spiro atoms. The number of para-hydroxylation sites is 2. The minimum atomic E-state index is -0.536. The van der Waals surface area contributed by atoms with Gasteiger partial charge in [-0.05, 0) is 25.2 Å². The van der Waals surface area contributed by atoms with Gasteiger partial charge in [0.2, 0.25) is 5.79 Å². The molecule has 0 fully saturated rings. The highest BCUT2D eigenvalue weighted by atomic mass is 16.7. The molecule has 1 heterocycles. The van der Waals surface area contributed by atoms with Gasteiger partial charge in [-0.25, -0.2) is 0 Å². The summed E-state index contributed by atoms with van der Waals surface area (Å²) in [5.41, 5.74) is 0. The van der Waals surface area contributed by atoms with Crippen LogP contribution in [0.4, 0.5) is 0 Å². The van der Waals surface area contributed by atoms with E-state index in [1.807, 2.05) is 31.2 Å². The van der Waals surface area contributed by atoms with Crippen LogP contribution in [0.2, 0.25) is 0 Å². The number of hydrogen-bond acceptors (Lipinski definition) is 4. The fourth-order valence-electron chi connectivity index (χ4n) is 2.42. The number of fused-ring (bicyclic) bond motifs is 1. The van der Waals surface area contributed by atoms with Gasteiger partial charge in [0.05, 0.1) is 0 Å². The Morgan fingerprint density at radius 3 is 2.20 bits per heavy atom. The van der Waals surface area contributed by atoms with Gasteiger partial charge in [-0.2, -0.15) is 0 Å². The minimum Gasteiger partial charge on any atom is -0.449 e. The maximum absolute atomic E-state index is 5.89. The van der Waals surface area contributed by atoms with E-state index < -0.39 is 5.79 Å². The van der Waals surface area contributed by atoms with E-state index in [0.717, 1.165) is 50.6 Å². The van der Waals surface area contributed by atoms with E-state index in [1.165, 1.54) is 0 Å². The van der Waals surface area contributed by atoms with Crippen molar-refractivity contribution in [2.24, 2.45) is 0 Å². The molecule has 0 saturated carbocycles. The van der Waals surface area contributed by atoms with Crippen LogP contribution < -0.4 is 14.8 Å². The van der Waals surface area contributed by atoms with E-state index in [0.29, 0.717) is 0 Å². The van der Waals surface area contributed by atoms with Gasteiger partial charge < -0.3 is 19.7 Å². The zero-order chi connectivity index (χ0) is 14.4. The van der Waals surface area contributed by atoms with Gasteiger partial charge in [0, 0.05) is 33.0 Å². The number of benzene rings is 1. The molecule has 0 unspecified atom stereocenters. The Labute approximate surface area is 122 Å². The lowest BCUT2D eigenvalue weighted by Crippen LogP contribution is -2.39. The Morgan fingerprint density at radius 1 is 1.05 bits per heavy atom. The summed E-state index contributed by atoms with van der Waals surface area (Å²) in [7, 11) is 0. The van der Waals surface area contributed by atoms with Crippen molar-refractivity contribution >= 4 is 0 Å². The molecule has 0 bridgehead atoms. The van der Waals surface area contributed by atoms with Crippen LogP contribution in [0.3, 0.4) is 0 Å². The number of rotatable bonds is 8. The molecule has 112 valence electrons. The highest BCUT2D eigenvalue weighted by Gasteiger charge is 2.35. The summed E-state index contributed by atoms with van der Waals surface area (Å²) in [6.07, 6.45) is 0.833. The second-order valence-electron chi connectivity index (χ2n) is 5.31. The second kappa shape index (κ2) is 6.95. The molecule has 1 aliphatic rings. The first kappa shape index (κ1) is 15.1. The summed E-state index contributed by atoms with van der Waals surface area (Å²) in [6.45, 7) is 11.6. The number of nitrogens with one attached hydrogen (secondary N) is 1. The van der Waals surface area contributed by atoms with Crippen molar-refractivity contribution in [3.05, 3.63) is 24.3 Å². The van der Waals surface area contributed by atoms with Crippen LogP contribution in [0.5, 0.6) is 11.5 Å². The molecule has 4 heteroatoms. The number of hydrogen-bond donors (Lipinski definition) is 1. The zero-order valence-electron chi connectivity index (χ0n) is 12.8. The number of ether oxygens (including phenoxy) is 2. The average Bonchev–Trinajstić information content (AvgIpc) is 2.79. The van der Waals surface area contributed by atoms with Crippen LogP contribution in [0, 0.1) is 0 Å². The molecule has 0 radical (unpaired) electrons. The highest BCUT2D eigenvalue weighted by molar-refractivity contribution is 5.42. The molecule has 1 aromatic carbocycles. The lowest BCUT2D eigenvalue weighted by atomic mass is 10.2. The summed E-state index contributed by atoms with van der Waals surface area (Å²) in [5, 5.41) is 3.46. The van der Waals surface area contributed by atoms with Crippen LogP contribution in [0.25, 0.3) is 0 Å². The Hall–Kier alpha value is -1.26. The normalized spacial score (nSPS) is 15.8. The largest absolute Gasteiger partial charge is 0.449 e. The number of nitrogens with zero attached hydrogens (tertiary/aromatic N) is 1. The van der Waals surface area contributed by atoms with Gasteiger partial charge in [0.15, 0.2) is 11.5 Å². The van der Waals surface area contributed by atoms with E-state index in [9.17, 15) is 0 Å². The minimum absolute atomic E-state index is 0.536. The molecule has 1 aromatic rings. The molecule has 1 N–H and O–H groups in total. The third-order valence-corrected chi connectivity index (χ3v) is 3.76. The SMILES string of the molecule is CCN(CC)CCNCCC1(C)Oc2ccccc2O1. The molecular weight excluding hydrogens is 252 g/mol. The third kappa shape index (κ3) is 3.87. The molecule has 4 nitrogen and oxygen atoms in total. The molecule has 0 atom stereocenters. The van der Waals surface area contributed by atoms with Crippen molar-refractivity contribution in [1.82, 2.24) is 10.2 Å². The maximum Gasteiger partial charge on any atom is 0.250 e.